The summed E-state index contributed by atoms with van der Waals surface area (Å²) in [5.74, 6) is -1.04. The molecule has 0 heterocycles. The molecule has 2 aromatic carbocycles. The van der Waals surface area contributed by atoms with Gasteiger partial charge in [-0.05, 0) is 12.1 Å². The predicted octanol–water partition coefficient (Wildman–Crippen LogP) is 2.44. The fourth-order valence-electron chi connectivity index (χ4n) is 2.11. The van der Waals surface area contributed by atoms with Crippen molar-refractivity contribution in [3.63, 3.8) is 0 Å². The molecular weight excluding hydrogens is 380 g/mol. The highest BCUT2D eigenvalue weighted by Crippen LogP contribution is 2.31. The molecule has 0 saturated heterocycles. The zero-order valence-electron chi connectivity index (χ0n) is 14.2. The Hall–Kier alpha value is -4.29. The van der Waals surface area contributed by atoms with E-state index < -0.39 is 38.7 Å². The number of carbonyl (C=O) groups excluding carboxylic acids is 1. The highest BCUT2D eigenvalue weighted by atomic mass is 16.6. The van der Waals surface area contributed by atoms with Gasteiger partial charge in [0, 0.05) is 12.1 Å². The van der Waals surface area contributed by atoms with Crippen LogP contribution in [0.15, 0.2) is 36.4 Å². The highest BCUT2D eigenvalue weighted by Gasteiger charge is 2.21. The largest absolute Gasteiger partial charge is 0.494 e. The van der Waals surface area contributed by atoms with Crippen LogP contribution in [-0.4, -0.2) is 34.4 Å². The van der Waals surface area contributed by atoms with E-state index in [9.17, 15) is 35.1 Å². The zero-order valence-corrected chi connectivity index (χ0v) is 14.2. The lowest BCUT2D eigenvalue weighted by atomic mass is 10.2. The average Bonchev–Trinajstić information content (AvgIpc) is 2.66. The summed E-state index contributed by atoms with van der Waals surface area (Å²) in [6.07, 6.45) is 0. The van der Waals surface area contributed by atoms with E-state index in [2.05, 4.69) is 5.32 Å². The van der Waals surface area contributed by atoms with E-state index >= 15 is 0 Å². The van der Waals surface area contributed by atoms with Gasteiger partial charge in [0.1, 0.15) is 5.75 Å². The van der Waals surface area contributed by atoms with Crippen molar-refractivity contribution < 1.29 is 29.0 Å². The lowest BCUT2D eigenvalue weighted by Crippen LogP contribution is -2.20. The number of rotatable bonds is 8. The van der Waals surface area contributed by atoms with Gasteiger partial charge in [0.2, 0.25) is 0 Å². The van der Waals surface area contributed by atoms with Crippen LogP contribution in [0.5, 0.6) is 11.5 Å². The van der Waals surface area contributed by atoms with Gasteiger partial charge in [-0.25, -0.2) is 0 Å². The van der Waals surface area contributed by atoms with E-state index in [1.165, 1.54) is 13.2 Å². The number of amides is 1. The first-order valence-electron chi connectivity index (χ1n) is 7.41. The molecule has 2 aromatic rings. The van der Waals surface area contributed by atoms with Crippen molar-refractivity contribution in [2.45, 2.75) is 0 Å². The van der Waals surface area contributed by atoms with E-state index in [-0.39, 0.29) is 22.9 Å². The first kappa shape index (κ1) is 20.0. The minimum Gasteiger partial charge on any atom is -0.494 e. The number of ether oxygens (including phenoxy) is 2. The standard InChI is InChI=1S/C15H12N4O9/c1-27-14-7-10(18(23)24)2-4-11(14)16-15(20)8-28-13-5-3-9(17(21)22)6-12(13)19(25)26/h2-7H,8H2,1H3,(H,16,20). The number of benzene rings is 2. The van der Waals surface area contributed by atoms with Crippen LogP contribution < -0.4 is 14.8 Å². The van der Waals surface area contributed by atoms with Crippen LogP contribution in [0, 0.1) is 30.3 Å². The van der Waals surface area contributed by atoms with E-state index in [4.69, 9.17) is 9.47 Å². The molecule has 146 valence electrons. The van der Waals surface area contributed by atoms with E-state index in [1.807, 2.05) is 0 Å². The number of hydrogen-bond acceptors (Lipinski definition) is 9. The van der Waals surface area contributed by atoms with Crippen LogP contribution in [0.25, 0.3) is 0 Å². The lowest BCUT2D eigenvalue weighted by Gasteiger charge is -2.11. The van der Waals surface area contributed by atoms with Gasteiger partial charge in [-0.2, -0.15) is 0 Å². The Kier molecular flexibility index (Phi) is 6.00. The normalized spacial score (nSPS) is 10.0. The smallest absolute Gasteiger partial charge is 0.317 e. The third-order valence-corrected chi connectivity index (χ3v) is 3.38. The number of anilines is 1. The number of non-ortho nitro benzene ring substituents is 2. The summed E-state index contributed by atoms with van der Waals surface area (Å²) in [5.41, 5.74) is -1.29. The Labute approximate surface area is 155 Å². The molecule has 2 rings (SSSR count). The number of carbonyl (C=O) groups is 1. The van der Waals surface area contributed by atoms with Crippen molar-refractivity contribution in [3.8, 4) is 11.5 Å². The summed E-state index contributed by atoms with van der Waals surface area (Å²) >= 11 is 0. The molecule has 0 saturated carbocycles. The van der Waals surface area contributed by atoms with Gasteiger partial charge in [0.25, 0.3) is 17.3 Å². The van der Waals surface area contributed by atoms with Gasteiger partial charge < -0.3 is 14.8 Å². The van der Waals surface area contributed by atoms with E-state index in [0.717, 1.165) is 24.3 Å². The summed E-state index contributed by atoms with van der Waals surface area (Å²) in [6, 6.07) is 6.24. The van der Waals surface area contributed by atoms with Gasteiger partial charge in [-0.3, -0.25) is 35.1 Å². The minimum atomic E-state index is -0.875. The fourth-order valence-corrected chi connectivity index (χ4v) is 2.11. The minimum absolute atomic E-state index is 0.0314. The topological polar surface area (TPSA) is 177 Å². The van der Waals surface area contributed by atoms with Crippen molar-refractivity contribution in [3.05, 3.63) is 66.7 Å². The molecule has 0 aliphatic rings. The molecule has 0 aromatic heterocycles. The van der Waals surface area contributed by atoms with Crippen molar-refractivity contribution >= 4 is 28.7 Å². The van der Waals surface area contributed by atoms with Gasteiger partial charge in [0.05, 0.1) is 39.7 Å². The van der Waals surface area contributed by atoms with Crippen LogP contribution in [-0.2, 0) is 4.79 Å². The molecule has 0 fully saturated rings. The zero-order chi connectivity index (χ0) is 20.8. The molecule has 13 nitrogen and oxygen atoms in total. The maximum atomic E-state index is 12.0. The monoisotopic (exact) mass is 392 g/mol. The molecular formula is C15H12N4O9. The first-order valence-corrected chi connectivity index (χ1v) is 7.41. The van der Waals surface area contributed by atoms with Crippen molar-refractivity contribution in [2.75, 3.05) is 19.0 Å². The quantitative estimate of drug-likeness (QED) is 0.522. The number of nitrogens with zero attached hydrogens (tertiary/aromatic N) is 3. The average molecular weight is 392 g/mol. The van der Waals surface area contributed by atoms with Gasteiger partial charge in [-0.1, -0.05) is 0 Å². The molecule has 13 heteroatoms. The van der Waals surface area contributed by atoms with Crippen LogP contribution in [0.3, 0.4) is 0 Å². The predicted molar refractivity (Wildman–Crippen MR) is 93.5 cm³/mol. The second-order valence-corrected chi connectivity index (χ2v) is 5.14. The summed E-state index contributed by atoms with van der Waals surface area (Å²) in [4.78, 5) is 42.2. The van der Waals surface area contributed by atoms with Crippen LogP contribution >= 0.6 is 0 Å². The second-order valence-electron chi connectivity index (χ2n) is 5.14. The third kappa shape index (κ3) is 4.66. The molecule has 0 atom stereocenters. The molecule has 0 aliphatic carbocycles. The Morgan fingerprint density at radius 3 is 2.11 bits per heavy atom. The summed E-state index contributed by atoms with van der Waals surface area (Å²) in [7, 11) is 1.26. The van der Waals surface area contributed by atoms with Crippen molar-refractivity contribution in [1.82, 2.24) is 0 Å². The number of methoxy groups -OCH3 is 1. The van der Waals surface area contributed by atoms with Crippen LogP contribution in [0.2, 0.25) is 0 Å². The maximum absolute atomic E-state index is 12.0. The molecule has 0 aliphatic heterocycles. The van der Waals surface area contributed by atoms with Crippen LogP contribution in [0.1, 0.15) is 0 Å². The van der Waals surface area contributed by atoms with Gasteiger partial charge >= 0.3 is 5.69 Å². The summed E-state index contributed by atoms with van der Waals surface area (Å²) in [6.45, 7) is -0.654. The van der Waals surface area contributed by atoms with Crippen molar-refractivity contribution in [1.29, 1.82) is 0 Å². The lowest BCUT2D eigenvalue weighted by molar-refractivity contribution is -0.394. The fraction of sp³-hybridized carbons (Fsp3) is 0.133. The molecule has 0 unspecified atom stereocenters. The van der Waals surface area contributed by atoms with Crippen molar-refractivity contribution in [2.24, 2.45) is 0 Å². The SMILES string of the molecule is COc1cc([N+](=O)[O-])ccc1NC(=O)COc1ccc([N+](=O)[O-])cc1[N+](=O)[O-]. The molecule has 0 spiro atoms. The second kappa shape index (κ2) is 8.39. The number of nitro groups is 3. The summed E-state index contributed by atoms with van der Waals surface area (Å²) < 4.78 is 10.1. The third-order valence-electron chi connectivity index (χ3n) is 3.38. The van der Waals surface area contributed by atoms with E-state index in [0.29, 0.717) is 6.07 Å². The number of nitro benzene ring substituents is 3. The molecule has 0 radical (unpaired) electrons. The Balaban J connectivity index is 2.12. The summed E-state index contributed by atoms with van der Waals surface area (Å²) in [5, 5.41) is 34.9. The van der Waals surface area contributed by atoms with E-state index in [1.54, 1.807) is 0 Å². The highest BCUT2D eigenvalue weighted by molar-refractivity contribution is 5.93. The van der Waals surface area contributed by atoms with Gasteiger partial charge in [-0.15, -0.1) is 0 Å². The molecule has 1 amide bonds. The number of hydrogen-bond donors (Lipinski definition) is 1. The Morgan fingerprint density at radius 1 is 0.929 bits per heavy atom. The number of nitrogens with one attached hydrogen (secondary N) is 1. The Bertz CT molecular complexity index is 961. The first-order chi connectivity index (χ1) is 13.2. The molecule has 0 bridgehead atoms. The van der Waals surface area contributed by atoms with Crippen LogP contribution in [0.4, 0.5) is 22.7 Å². The van der Waals surface area contributed by atoms with Gasteiger partial charge in [0.15, 0.2) is 12.4 Å². The Morgan fingerprint density at radius 2 is 1.54 bits per heavy atom. The molecule has 28 heavy (non-hydrogen) atoms. The molecule has 1 N–H and O–H groups in total. The maximum Gasteiger partial charge on any atom is 0.317 e.